The lowest BCUT2D eigenvalue weighted by molar-refractivity contribution is 0.0725. The summed E-state index contributed by atoms with van der Waals surface area (Å²) in [6, 6.07) is 2.62. The van der Waals surface area contributed by atoms with E-state index >= 15 is 0 Å². The van der Waals surface area contributed by atoms with Gasteiger partial charge in [0.25, 0.3) is 5.91 Å². The number of nitrogens with one attached hydrogen (secondary N) is 1. The molecule has 1 aliphatic rings. The van der Waals surface area contributed by atoms with Crippen LogP contribution in [0.2, 0.25) is 0 Å². The Morgan fingerprint density at radius 1 is 1.36 bits per heavy atom. The molecule has 1 aromatic carbocycles. The minimum Gasteiger partial charge on any atom is -0.493 e. The summed E-state index contributed by atoms with van der Waals surface area (Å²) in [5.74, 6) is -2.25. The Kier molecular flexibility index (Phi) is 5.14. The Morgan fingerprint density at radius 2 is 2.04 bits per heavy atom. The van der Waals surface area contributed by atoms with E-state index in [0.29, 0.717) is 6.07 Å². The molecular weight excluding hydrogens is 368 g/mol. The molecule has 28 heavy (non-hydrogen) atoms. The van der Waals surface area contributed by atoms with Crippen LogP contribution in [-0.4, -0.2) is 29.0 Å². The van der Waals surface area contributed by atoms with E-state index in [9.17, 15) is 18.8 Å². The van der Waals surface area contributed by atoms with E-state index in [1.54, 1.807) is 6.19 Å². The van der Waals surface area contributed by atoms with Crippen molar-refractivity contribution in [1.82, 2.24) is 15.3 Å². The first-order chi connectivity index (χ1) is 13.2. The Labute approximate surface area is 161 Å². The topological polar surface area (TPSA) is 91.1 Å². The summed E-state index contributed by atoms with van der Waals surface area (Å²) in [5.41, 5.74) is -0.180. The van der Waals surface area contributed by atoms with Crippen LogP contribution < -0.4 is 15.0 Å². The second-order valence-electron chi connectivity index (χ2n) is 7.20. The van der Waals surface area contributed by atoms with E-state index in [1.807, 2.05) is 0 Å². The van der Waals surface area contributed by atoms with Crippen molar-refractivity contribution in [2.45, 2.75) is 32.7 Å². The molecule has 1 aromatic heterocycles. The second kappa shape index (κ2) is 7.38. The summed E-state index contributed by atoms with van der Waals surface area (Å²) in [5, 5.41) is 12.4. The van der Waals surface area contributed by atoms with Gasteiger partial charge in [-0.3, -0.25) is 4.79 Å². The number of hydrogen-bond acceptors (Lipinski definition) is 6. The predicted octanol–water partition coefficient (Wildman–Crippen LogP) is 3.30. The third-order valence-electron chi connectivity index (χ3n) is 4.91. The maximum Gasteiger partial charge on any atom is 0.274 e. The zero-order valence-electron chi connectivity index (χ0n) is 15.7. The van der Waals surface area contributed by atoms with E-state index in [1.165, 1.54) is 13.3 Å². The van der Waals surface area contributed by atoms with Gasteiger partial charge >= 0.3 is 0 Å². The van der Waals surface area contributed by atoms with Crippen LogP contribution in [0, 0.1) is 28.5 Å². The van der Waals surface area contributed by atoms with E-state index in [-0.39, 0.29) is 34.5 Å². The lowest BCUT2D eigenvalue weighted by atomic mass is 9.67. The van der Waals surface area contributed by atoms with Crippen molar-refractivity contribution in [3.63, 3.8) is 0 Å². The number of carbonyl (C=O) groups is 1. The highest BCUT2D eigenvalue weighted by molar-refractivity contribution is 5.95. The number of aromatic nitrogens is 2. The number of methoxy groups -OCH3 is 1. The van der Waals surface area contributed by atoms with Gasteiger partial charge < -0.3 is 10.1 Å². The number of carbonyl (C=O) groups excluding carboxylic acids is 1. The summed E-state index contributed by atoms with van der Waals surface area (Å²) in [7, 11) is 1.37. The van der Waals surface area contributed by atoms with Gasteiger partial charge in [-0.15, -0.1) is 0 Å². The summed E-state index contributed by atoms with van der Waals surface area (Å²) >= 11 is 0. The van der Waals surface area contributed by atoms with Crippen LogP contribution in [0.4, 0.5) is 20.4 Å². The van der Waals surface area contributed by atoms with Crippen molar-refractivity contribution in [3.05, 3.63) is 41.7 Å². The van der Waals surface area contributed by atoms with Gasteiger partial charge in [-0.05, 0) is 30.4 Å². The SMILES string of the molecule is COc1cnc(N(C#N)c2cc(F)cc(F)c2)nc1C(=O)NC1CCC1(C)C. The molecule has 0 spiro atoms. The van der Waals surface area contributed by atoms with Gasteiger partial charge in [0.15, 0.2) is 17.6 Å². The zero-order valence-corrected chi connectivity index (χ0v) is 15.7. The molecular formula is C19H19F2N5O2. The van der Waals surface area contributed by atoms with Crippen molar-refractivity contribution >= 4 is 17.5 Å². The molecule has 2 aromatic rings. The molecule has 1 fully saturated rings. The van der Waals surface area contributed by atoms with Gasteiger partial charge in [0.05, 0.1) is 19.0 Å². The maximum atomic E-state index is 13.5. The summed E-state index contributed by atoms with van der Waals surface area (Å²) in [4.78, 5) is 21.7. The fraction of sp³-hybridized carbons (Fsp3) is 0.368. The summed E-state index contributed by atoms with van der Waals surface area (Å²) in [6.45, 7) is 4.11. The number of nitrogens with zero attached hydrogens (tertiary/aromatic N) is 4. The first kappa shape index (κ1) is 19.5. The first-order valence-corrected chi connectivity index (χ1v) is 8.63. The fourth-order valence-electron chi connectivity index (χ4n) is 3.03. The zero-order chi connectivity index (χ0) is 20.5. The average molecular weight is 387 g/mol. The standard InChI is InChI=1S/C19H19F2N5O2/c1-19(2)5-4-15(19)24-17(27)16-14(28-3)9-23-18(25-16)26(10-22)13-7-11(20)6-12(21)8-13/h6-9,15H,4-5H2,1-3H3,(H,24,27). The van der Waals surface area contributed by atoms with E-state index in [4.69, 9.17) is 4.74 Å². The van der Waals surface area contributed by atoms with Crippen molar-refractivity contribution in [3.8, 4) is 11.9 Å². The van der Waals surface area contributed by atoms with E-state index in [2.05, 4.69) is 29.1 Å². The van der Waals surface area contributed by atoms with Gasteiger partial charge in [0.1, 0.15) is 11.6 Å². The Bertz CT molecular complexity index is 938. The molecule has 1 aliphatic carbocycles. The quantitative estimate of drug-likeness (QED) is 0.625. The lowest BCUT2D eigenvalue weighted by Gasteiger charge is -2.44. The van der Waals surface area contributed by atoms with Crippen molar-refractivity contribution in [1.29, 1.82) is 5.26 Å². The summed E-state index contributed by atoms with van der Waals surface area (Å²) < 4.78 is 32.2. The maximum absolute atomic E-state index is 13.5. The molecule has 0 bridgehead atoms. The monoisotopic (exact) mass is 387 g/mol. The molecule has 0 aliphatic heterocycles. The highest BCUT2D eigenvalue weighted by atomic mass is 19.1. The predicted molar refractivity (Wildman–Crippen MR) is 97.0 cm³/mol. The van der Waals surface area contributed by atoms with Crippen molar-refractivity contribution < 1.29 is 18.3 Å². The lowest BCUT2D eigenvalue weighted by Crippen LogP contribution is -2.52. The summed E-state index contributed by atoms with van der Waals surface area (Å²) in [6.07, 6.45) is 4.86. The van der Waals surface area contributed by atoms with Crippen molar-refractivity contribution in [2.24, 2.45) is 5.41 Å². The van der Waals surface area contributed by atoms with Gasteiger partial charge in [-0.2, -0.15) is 5.26 Å². The molecule has 1 N–H and O–H groups in total. The first-order valence-electron chi connectivity index (χ1n) is 8.63. The van der Waals surface area contributed by atoms with Crippen molar-refractivity contribution in [2.75, 3.05) is 12.0 Å². The molecule has 1 amide bonds. The number of ether oxygens (including phenoxy) is 1. The Morgan fingerprint density at radius 3 is 2.54 bits per heavy atom. The Balaban J connectivity index is 1.95. The van der Waals surface area contributed by atoms with Crippen LogP contribution in [0.25, 0.3) is 0 Å². The van der Waals surface area contributed by atoms with Crippen LogP contribution in [0.1, 0.15) is 37.2 Å². The minimum absolute atomic E-state index is 0.00694. The van der Waals surface area contributed by atoms with Crippen LogP contribution in [0.5, 0.6) is 5.75 Å². The second-order valence-corrected chi connectivity index (χ2v) is 7.20. The number of anilines is 2. The highest BCUT2D eigenvalue weighted by Gasteiger charge is 2.40. The molecule has 7 nitrogen and oxygen atoms in total. The molecule has 9 heteroatoms. The molecule has 3 rings (SSSR count). The largest absolute Gasteiger partial charge is 0.493 e. The van der Waals surface area contributed by atoms with Gasteiger partial charge in [0.2, 0.25) is 5.95 Å². The highest BCUT2D eigenvalue weighted by Crippen LogP contribution is 2.40. The molecule has 1 unspecified atom stereocenters. The third-order valence-corrected chi connectivity index (χ3v) is 4.91. The normalized spacial score (nSPS) is 17.2. The third kappa shape index (κ3) is 3.71. The molecule has 0 radical (unpaired) electrons. The average Bonchev–Trinajstić information content (AvgIpc) is 2.65. The number of nitriles is 1. The number of hydrogen-bond donors (Lipinski definition) is 1. The Hall–Kier alpha value is -3.28. The van der Waals surface area contributed by atoms with Crippen LogP contribution >= 0.6 is 0 Å². The van der Waals surface area contributed by atoms with Gasteiger partial charge in [0, 0.05) is 12.1 Å². The molecule has 1 atom stereocenters. The number of benzene rings is 1. The van der Waals surface area contributed by atoms with Crippen LogP contribution in [-0.2, 0) is 0 Å². The van der Waals surface area contributed by atoms with E-state index in [0.717, 1.165) is 29.9 Å². The van der Waals surface area contributed by atoms with Gasteiger partial charge in [-0.25, -0.2) is 23.6 Å². The number of rotatable bonds is 5. The smallest absolute Gasteiger partial charge is 0.274 e. The molecule has 1 saturated carbocycles. The molecule has 1 heterocycles. The number of halogens is 2. The van der Waals surface area contributed by atoms with E-state index < -0.39 is 17.5 Å². The van der Waals surface area contributed by atoms with Crippen LogP contribution in [0.3, 0.4) is 0 Å². The number of amides is 1. The molecule has 146 valence electrons. The van der Waals surface area contributed by atoms with Crippen LogP contribution in [0.15, 0.2) is 24.4 Å². The molecule has 0 saturated heterocycles. The fourth-order valence-corrected chi connectivity index (χ4v) is 3.03. The van der Waals surface area contributed by atoms with Gasteiger partial charge in [-0.1, -0.05) is 13.8 Å². The minimum atomic E-state index is -0.853.